The van der Waals surface area contributed by atoms with Gasteiger partial charge in [0.25, 0.3) is 0 Å². The van der Waals surface area contributed by atoms with E-state index in [2.05, 4.69) is 13.0 Å². The van der Waals surface area contributed by atoms with Crippen molar-refractivity contribution < 1.29 is 9.53 Å². The SMILES string of the molecule is CCCCCCCCC/C=C/Oc1ccc([C]=O)cc1. The summed E-state index contributed by atoms with van der Waals surface area (Å²) in [4.78, 5) is 10.4. The van der Waals surface area contributed by atoms with Gasteiger partial charge in [-0.3, -0.25) is 4.79 Å². The van der Waals surface area contributed by atoms with E-state index in [-0.39, 0.29) is 0 Å². The van der Waals surface area contributed by atoms with Crippen LogP contribution in [0.15, 0.2) is 36.6 Å². The van der Waals surface area contributed by atoms with Crippen LogP contribution in [-0.4, -0.2) is 6.29 Å². The monoisotopic (exact) mass is 273 g/mol. The Hall–Kier alpha value is -1.57. The van der Waals surface area contributed by atoms with Crippen LogP contribution in [-0.2, 0) is 4.79 Å². The van der Waals surface area contributed by atoms with Crippen LogP contribution in [0, 0.1) is 0 Å². The minimum absolute atomic E-state index is 0.546. The first kappa shape index (κ1) is 16.5. The van der Waals surface area contributed by atoms with Crippen molar-refractivity contribution in [2.45, 2.75) is 58.3 Å². The Labute approximate surface area is 122 Å². The first-order valence-corrected chi connectivity index (χ1v) is 7.66. The number of rotatable bonds is 11. The van der Waals surface area contributed by atoms with E-state index in [1.165, 1.54) is 44.9 Å². The van der Waals surface area contributed by atoms with Crippen LogP contribution in [0.25, 0.3) is 0 Å². The Balaban J connectivity index is 2.02. The molecule has 0 unspecified atom stereocenters. The van der Waals surface area contributed by atoms with Crippen molar-refractivity contribution in [3.8, 4) is 5.75 Å². The molecule has 0 amide bonds. The molecule has 20 heavy (non-hydrogen) atoms. The third kappa shape index (κ3) is 7.78. The maximum atomic E-state index is 10.4. The van der Waals surface area contributed by atoms with Gasteiger partial charge in [-0.05, 0) is 43.2 Å². The van der Waals surface area contributed by atoms with Crippen LogP contribution in [0.1, 0.15) is 63.9 Å². The Bertz CT molecular complexity index is 379. The molecule has 109 valence electrons. The fraction of sp³-hybridized carbons (Fsp3) is 0.500. The molecule has 0 fully saturated rings. The number of allylic oxidation sites excluding steroid dienone is 1. The van der Waals surface area contributed by atoms with E-state index in [1.54, 1.807) is 30.5 Å². The first-order valence-electron chi connectivity index (χ1n) is 7.66. The molecule has 1 radical (unpaired) electrons. The number of carbonyl (C=O) groups excluding carboxylic acids is 1. The molecule has 1 rings (SSSR count). The van der Waals surface area contributed by atoms with Crippen LogP contribution in [0.3, 0.4) is 0 Å². The molecule has 0 saturated heterocycles. The number of hydrogen-bond acceptors (Lipinski definition) is 2. The van der Waals surface area contributed by atoms with E-state index in [0.717, 1.165) is 12.2 Å². The fourth-order valence-electron chi connectivity index (χ4n) is 2.02. The average Bonchev–Trinajstić information content (AvgIpc) is 2.50. The summed E-state index contributed by atoms with van der Waals surface area (Å²) in [6.45, 7) is 2.25. The third-order valence-electron chi connectivity index (χ3n) is 3.25. The smallest absolute Gasteiger partial charge is 0.233 e. The van der Waals surface area contributed by atoms with E-state index in [0.29, 0.717) is 5.56 Å². The molecule has 0 aliphatic carbocycles. The van der Waals surface area contributed by atoms with E-state index < -0.39 is 0 Å². The van der Waals surface area contributed by atoms with Crippen LogP contribution in [0.5, 0.6) is 5.75 Å². The van der Waals surface area contributed by atoms with Gasteiger partial charge in [-0.1, -0.05) is 45.4 Å². The molecule has 0 N–H and O–H groups in total. The van der Waals surface area contributed by atoms with Gasteiger partial charge in [0.15, 0.2) is 0 Å². The Morgan fingerprint density at radius 3 is 2.30 bits per heavy atom. The summed E-state index contributed by atoms with van der Waals surface area (Å²) >= 11 is 0. The van der Waals surface area contributed by atoms with Crippen molar-refractivity contribution in [1.29, 1.82) is 0 Å². The normalized spacial score (nSPS) is 10.8. The second kappa shape index (κ2) is 11.3. The molecule has 0 bridgehead atoms. The highest BCUT2D eigenvalue weighted by atomic mass is 16.5. The van der Waals surface area contributed by atoms with Gasteiger partial charge in [0.2, 0.25) is 6.29 Å². The molecule has 1 aromatic carbocycles. The van der Waals surface area contributed by atoms with Gasteiger partial charge in [-0.2, -0.15) is 0 Å². The van der Waals surface area contributed by atoms with Crippen molar-refractivity contribution >= 4 is 6.29 Å². The topological polar surface area (TPSA) is 26.3 Å². The quantitative estimate of drug-likeness (QED) is 0.410. The third-order valence-corrected chi connectivity index (χ3v) is 3.25. The second-order valence-corrected chi connectivity index (χ2v) is 5.03. The Morgan fingerprint density at radius 1 is 1.00 bits per heavy atom. The maximum Gasteiger partial charge on any atom is 0.233 e. The molecule has 0 aromatic heterocycles. The Kier molecular flexibility index (Phi) is 9.29. The second-order valence-electron chi connectivity index (χ2n) is 5.03. The summed E-state index contributed by atoms with van der Waals surface area (Å²) in [7, 11) is 0. The summed E-state index contributed by atoms with van der Waals surface area (Å²) in [5.74, 6) is 0.750. The van der Waals surface area contributed by atoms with Crippen molar-refractivity contribution in [1.82, 2.24) is 0 Å². The highest BCUT2D eigenvalue weighted by Crippen LogP contribution is 2.12. The number of benzene rings is 1. The zero-order chi connectivity index (χ0) is 14.5. The van der Waals surface area contributed by atoms with Gasteiger partial charge >= 0.3 is 0 Å². The predicted molar refractivity (Wildman–Crippen MR) is 83.6 cm³/mol. The molecule has 2 nitrogen and oxygen atoms in total. The summed E-state index contributed by atoms with van der Waals surface area (Å²) in [5.41, 5.74) is 0.546. The molecule has 0 aliphatic heterocycles. The van der Waals surface area contributed by atoms with Gasteiger partial charge in [0.1, 0.15) is 5.75 Å². The minimum Gasteiger partial charge on any atom is -0.465 e. The van der Waals surface area contributed by atoms with Crippen molar-refractivity contribution in [2.24, 2.45) is 0 Å². The van der Waals surface area contributed by atoms with Crippen LogP contribution in [0.2, 0.25) is 0 Å². The van der Waals surface area contributed by atoms with Gasteiger partial charge in [-0.25, -0.2) is 0 Å². The van der Waals surface area contributed by atoms with Gasteiger partial charge in [0, 0.05) is 5.56 Å². The zero-order valence-electron chi connectivity index (χ0n) is 12.4. The molecule has 1 aromatic rings. The van der Waals surface area contributed by atoms with Gasteiger partial charge in [-0.15, -0.1) is 0 Å². The number of hydrogen-bond donors (Lipinski definition) is 0. The van der Waals surface area contributed by atoms with Crippen LogP contribution >= 0.6 is 0 Å². The van der Waals surface area contributed by atoms with Gasteiger partial charge in [0.05, 0.1) is 6.26 Å². The Morgan fingerprint density at radius 2 is 1.65 bits per heavy atom. The largest absolute Gasteiger partial charge is 0.465 e. The van der Waals surface area contributed by atoms with Crippen molar-refractivity contribution in [3.63, 3.8) is 0 Å². The van der Waals surface area contributed by atoms with Crippen LogP contribution < -0.4 is 4.74 Å². The minimum atomic E-state index is 0.546. The highest BCUT2D eigenvalue weighted by molar-refractivity contribution is 5.75. The van der Waals surface area contributed by atoms with Gasteiger partial charge < -0.3 is 4.74 Å². The summed E-state index contributed by atoms with van der Waals surface area (Å²) in [6, 6.07) is 6.95. The number of ether oxygens (including phenoxy) is 1. The molecule has 0 atom stereocenters. The lowest BCUT2D eigenvalue weighted by molar-refractivity contribution is 0.477. The lowest BCUT2D eigenvalue weighted by Gasteiger charge is -2.00. The molecule has 0 heterocycles. The fourth-order valence-corrected chi connectivity index (χ4v) is 2.02. The standard InChI is InChI=1S/C18H25O2/c1-2-3-4-5-6-7-8-9-10-15-20-18-13-11-17(16-19)12-14-18/h10-15H,2-9H2,1H3/b15-10+. The summed E-state index contributed by atoms with van der Waals surface area (Å²) < 4.78 is 5.45. The zero-order valence-corrected chi connectivity index (χ0v) is 12.4. The lowest BCUT2D eigenvalue weighted by atomic mass is 10.1. The average molecular weight is 273 g/mol. The summed E-state index contributed by atoms with van der Waals surface area (Å²) in [5, 5.41) is 0. The molecule has 0 spiro atoms. The van der Waals surface area contributed by atoms with E-state index in [4.69, 9.17) is 4.74 Å². The molecule has 2 heteroatoms. The lowest BCUT2D eigenvalue weighted by Crippen LogP contribution is -1.84. The molecular weight excluding hydrogens is 248 g/mol. The van der Waals surface area contributed by atoms with E-state index >= 15 is 0 Å². The summed E-state index contributed by atoms with van der Waals surface area (Å²) in [6.07, 6.45) is 16.0. The predicted octanol–water partition coefficient (Wildman–Crippen LogP) is 5.18. The number of unbranched alkanes of at least 4 members (excludes halogenated alkanes) is 7. The first-order chi connectivity index (χ1) is 9.86. The molecule has 0 saturated carbocycles. The van der Waals surface area contributed by atoms with E-state index in [1.807, 2.05) is 6.29 Å². The highest BCUT2D eigenvalue weighted by Gasteiger charge is 1.93. The molecule has 0 aliphatic rings. The van der Waals surface area contributed by atoms with Crippen molar-refractivity contribution in [2.75, 3.05) is 0 Å². The van der Waals surface area contributed by atoms with E-state index in [9.17, 15) is 4.79 Å². The maximum absolute atomic E-state index is 10.4. The van der Waals surface area contributed by atoms with Crippen LogP contribution in [0.4, 0.5) is 0 Å². The molecular formula is C18H25O2. The van der Waals surface area contributed by atoms with Crippen molar-refractivity contribution in [3.05, 3.63) is 42.2 Å².